The van der Waals surface area contributed by atoms with Gasteiger partial charge in [-0.05, 0) is 55.2 Å². The fraction of sp³-hybridized carbons (Fsp3) is 0.360. The van der Waals surface area contributed by atoms with Crippen LogP contribution in [0.2, 0.25) is 0 Å². The summed E-state index contributed by atoms with van der Waals surface area (Å²) in [4.78, 5) is 22.3. The number of aromatic nitrogens is 1. The molecule has 3 aromatic rings. The molecule has 0 aliphatic carbocycles. The largest absolute Gasteiger partial charge is 0.345 e. The Morgan fingerprint density at radius 3 is 2.55 bits per heavy atom. The summed E-state index contributed by atoms with van der Waals surface area (Å²) >= 11 is 1.62. The van der Waals surface area contributed by atoms with E-state index in [0.717, 1.165) is 35.9 Å². The van der Waals surface area contributed by atoms with E-state index in [1.165, 1.54) is 18.4 Å². The van der Waals surface area contributed by atoms with Gasteiger partial charge in [0.25, 0.3) is 5.91 Å². The van der Waals surface area contributed by atoms with Gasteiger partial charge in [0.05, 0.1) is 4.90 Å². The molecule has 6 nitrogen and oxygen atoms in total. The minimum atomic E-state index is -1.45. The third kappa shape index (κ3) is 5.81. The van der Waals surface area contributed by atoms with Crippen LogP contribution >= 0.6 is 11.3 Å². The Kier molecular flexibility index (Phi) is 7.77. The molecule has 1 aliphatic heterocycles. The van der Waals surface area contributed by atoms with Crippen LogP contribution in [0.5, 0.6) is 0 Å². The summed E-state index contributed by atoms with van der Waals surface area (Å²) in [5, 5.41) is 2.97. The second-order valence-electron chi connectivity index (χ2n) is 8.24. The first kappa shape index (κ1) is 23.4. The third-order valence-corrected chi connectivity index (χ3v) is 7.83. The Morgan fingerprint density at radius 1 is 1.12 bits per heavy atom. The van der Waals surface area contributed by atoms with Gasteiger partial charge in [-0.3, -0.25) is 4.79 Å². The van der Waals surface area contributed by atoms with Gasteiger partial charge in [0.15, 0.2) is 5.13 Å². The zero-order valence-corrected chi connectivity index (χ0v) is 20.8. The molecule has 1 fully saturated rings. The summed E-state index contributed by atoms with van der Waals surface area (Å²) in [5.41, 5.74) is 3.59. The van der Waals surface area contributed by atoms with Gasteiger partial charge in [-0.25, -0.2) is 9.19 Å². The molecule has 1 saturated heterocycles. The predicted molar refractivity (Wildman–Crippen MR) is 136 cm³/mol. The van der Waals surface area contributed by atoms with Crippen LogP contribution in [0.4, 0.5) is 10.8 Å². The minimum Gasteiger partial charge on any atom is -0.345 e. The summed E-state index contributed by atoms with van der Waals surface area (Å²) in [6.45, 7) is 6.93. The van der Waals surface area contributed by atoms with E-state index in [2.05, 4.69) is 33.7 Å². The topological polar surface area (TPSA) is 65.5 Å². The maximum atomic E-state index is 13.2. The van der Waals surface area contributed by atoms with Crippen molar-refractivity contribution in [1.29, 1.82) is 0 Å². The highest BCUT2D eigenvalue weighted by Gasteiger charge is 2.24. The molecule has 1 aliphatic rings. The van der Waals surface area contributed by atoms with Crippen molar-refractivity contribution in [2.45, 2.75) is 38.0 Å². The van der Waals surface area contributed by atoms with Crippen LogP contribution in [0.1, 0.15) is 41.3 Å². The lowest BCUT2D eigenvalue weighted by atomic mass is 10.1. The average Bonchev–Trinajstić information content (AvgIpc) is 3.39. The van der Waals surface area contributed by atoms with Gasteiger partial charge in [-0.2, -0.15) is 0 Å². The third-order valence-electron chi connectivity index (χ3n) is 5.89. The second-order valence-corrected chi connectivity index (χ2v) is 10.3. The molecular weight excluding hydrogens is 452 g/mol. The normalized spacial score (nSPS) is 14.8. The van der Waals surface area contributed by atoms with Gasteiger partial charge in [0, 0.05) is 49.0 Å². The second kappa shape index (κ2) is 10.9. The quantitative estimate of drug-likeness (QED) is 0.496. The minimum absolute atomic E-state index is 0.00887. The number of amides is 1. The number of unbranched alkanes of at least 4 members (excludes halogenated alkanes) is 1. The van der Waals surface area contributed by atoms with Crippen molar-refractivity contribution in [2.75, 3.05) is 35.8 Å². The monoisotopic (exact) mass is 482 g/mol. The van der Waals surface area contributed by atoms with Gasteiger partial charge in [-0.15, -0.1) is 11.3 Å². The van der Waals surface area contributed by atoms with Crippen LogP contribution in [-0.4, -0.2) is 46.2 Å². The van der Waals surface area contributed by atoms with Gasteiger partial charge >= 0.3 is 0 Å². The SMILES string of the molecule is CCCCc1ccc(NS(=O)c2ccc(C)c(C(=O)N3CCN(c4nccs4)CC3)c2)cc1. The molecule has 1 amide bonds. The number of benzene rings is 2. The summed E-state index contributed by atoms with van der Waals surface area (Å²) in [6, 6.07) is 13.5. The molecule has 1 atom stereocenters. The van der Waals surface area contributed by atoms with Crippen LogP contribution in [0.25, 0.3) is 0 Å². The van der Waals surface area contributed by atoms with E-state index in [4.69, 9.17) is 0 Å². The van der Waals surface area contributed by atoms with Crippen LogP contribution in [0.15, 0.2) is 58.9 Å². The van der Waals surface area contributed by atoms with E-state index in [0.29, 0.717) is 23.5 Å². The fourth-order valence-electron chi connectivity index (χ4n) is 3.88. The van der Waals surface area contributed by atoms with E-state index in [1.54, 1.807) is 23.6 Å². The fourth-order valence-corrected chi connectivity index (χ4v) is 5.46. The van der Waals surface area contributed by atoms with Crippen LogP contribution in [-0.2, 0) is 17.4 Å². The Balaban J connectivity index is 1.40. The van der Waals surface area contributed by atoms with Crippen molar-refractivity contribution >= 4 is 39.0 Å². The Labute approximate surface area is 202 Å². The lowest BCUT2D eigenvalue weighted by molar-refractivity contribution is 0.0746. The van der Waals surface area contributed by atoms with Crippen molar-refractivity contribution in [2.24, 2.45) is 0 Å². The van der Waals surface area contributed by atoms with Gasteiger partial charge < -0.3 is 14.5 Å². The van der Waals surface area contributed by atoms with E-state index in [9.17, 15) is 9.00 Å². The molecule has 2 heterocycles. The molecule has 0 radical (unpaired) electrons. The molecule has 0 saturated carbocycles. The summed E-state index contributed by atoms with van der Waals surface area (Å²) < 4.78 is 16.0. The Bertz CT molecular complexity index is 1090. The molecule has 33 heavy (non-hydrogen) atoms. The molecule has 0 bridgehead atoms. The molecule has 1 unspecified atom stereocenters. The van der Waals surface area contributed by atoms with Crippen molar-refractivity contribution in [3.05, 3.63) is 70.7 Å². The van der Waals surface area contributed by atoms with Crippen molar-refractivity contribution in [3.8, 4) is 0 Å². The number of nitrogens with one attached hydrogen (secondary N) is 1. The van der Waals surface area contributed by atoms with Crippen LogP contribution in [0, 0.1) is 6.92 Å². The number of aryl methyl sites for hydroxylation is 2. The van der Waals surface area contributed by atoms with E-state index in [1.807, 2.05) is 41.5 Å². The van der Waals surface area contributed by atoms with E-state index >= 15 is 0 Å². The number of carbonyl (C=O) groups excluding carboxylic acids is 1. The number of thiazole rings is 1. The van der Waals surface area contributed by atoms with Crippen LogP contribution in [0.3, 0.4) is 0 Å². The number of nitrogens with zero attached hydrogens (tertiary/aromatic N) is 3. The first-order chi connectivity index (χ1) is 16.0. The zero-order valence-electron chi connectivity index (χ0n) is 19.1. The Hall–Kier alpha value is -2.71. The highest BCUT2D eigenvalue weighted by molar-refractivity contribution is 7.86. The first-order valence-corrected chi connectivity index (χ1v) is 13.4. The molecule has 174 valence electrons. The number of piperazine rings is 1. The highest BCUT2D eigenvalue weighted by Crippen LogP contribution is 2.22. The molecule has 4 rings (SSSR count). The summed E-state index contributed by atoms with van der Waals surface area (Å²) in [5.74, 6) is -0.00887. The number of hydrogen-bond acceptors (Lipinski definition) is 5. The summed E-state index contributed by atoms with van der Waals surface area (Å²) in [7, 11) is -1.45. The summed E-state index contributed by atoms with van der Waals surface area (Å²) in [6.07, 6.45) is 5.20. The number of hydrogen-bond donors (Lipinski definition) is 1. The number of rotatable bonds is 8. The van der Waals surface area contributed by atoms with Gasteiger partial charge in [0.2, 0.25) is 0 Å². The molecule has 1 aromatic heterocycles. The van der Waals surface area contributed by atoms with Gasteiger partial charge in [0.1, 0.15) is 11.0 Å². The molecule has 2 aromatic carbocycles. The Morgan fingerprint density at radius 2 is 1.88 bits per heavy atom. The predicted octanol–water partition coefficient (Wildman–Crippen LogP) is 4.89. The van der Waals surface area contributed by atoms with E-state index < -0.39 is 11.0 Å². The van der Waals surface area contributed by atoms with Crippen LogP contribution < -0.4 is 9.62 Å². The molecular formula is C25H30N4O2S2. The average molecular weight is 483 g/mol. The maximum Gasteiger partial charge on any atom is 0.254 e. The van der Waals surface area contributed by atoms with Crippen molar-refractivity contribution < 1.29 is 9.00 Å². The molecule has 0 spiro atoms. The molecule has 8 heteroatoms. The zero-order chi connectivity index (χ0) is 23.2. The lowest BCUT2D eigenvalue weighted by Crippen LogP contribution is -2.49. The molecule has 1 N–H and O–H groups in total. The van der Waals surface area contributed by atoms with Crippen molar-refractivity contribution in [1.82, 2.24) is 9.88 Å². The standard InChI is InChI=1S/C25H30N4O2S2/c1-3-4-5-20-7-9-21(10-8-20)27-33(31)22-11-6-19(2)23(18-22)24(30)28-13-15-29(16-14-28)25-26-12-17-32-25/h6-12,17-18,27H,3-5,13-16H2,1-2H3. The van der Waals surface area contributed by atoms with Crippen molar-refractivity contribution in [3.63, 3.8) is 0 Å². The first-order valence-electron chi connectivity index (χ1n) is 11.4. The van der Waals surface area contributed by atoms with Gasteiger partial charge in [-0.1, -0.05) is 31.5 Å². The number of carbonyl (C=O) groups is 1. The van der Waals surface area contributed by atoms with E-state index in [-0.39, 0.29) is 5.91 Å². The lowest BCUT2D eigenvalue weighted by Gasteiger charge is -2.34. The highest BCUT2D eigenvalue weighted by atomic mass is 32.2. The maximum absolute atomic E-state index is 13.2. The number of anilines is 2. The smallest absolute Gasteiger partial charge is 0.254 e.